The summed E-state index contributed by atoms with van der Waals surface area (Å²) in [5.74, 6) is 0.413. The molecule has 4 fully saturated rings. The molecule has 0 N–H and O–H groups in total. The lowest BCUT2D eigenvalue weighted by molar-refractivity contribution is -0.210. The zero-order valence-corrected chi connectivity index (χ0v) is 12.5. The number of carbonyl (C=O) groups excluding carboxylic acids is 2. The first-order chi connectivity index (χ1) is 10.3. The molecule has 4 aliphatic rings. The quantitative estimate of drug-likeness (QED) is 0.579. The highest BCUT2D eigenvalue weighted by atomic mass is 16.7. The van der Waals surface area contributed by atoms with Crippen LogP contribution < -0.4 is 0 Å². The van der Waals surface area contributed by atoms with E-state index in [1.165, 1.54) is 6.42 Å². The van der Waals surface area contributed by atoms with Gasteiger partial charge >= 0.3 is 0 Å². The maximum absolute atomic E-state index is 12.5. The van der Waals surface area contributed by atoms with Crippen LogP contribution in [-0.2, 0) is 19.1 Å². The maximum atomic E-state index is 12.5. The lowest BCUT2D eigenvalue weighted by atomic mass is 9.64. The second-order valence-corrected chi connectivity index (χ2v) is 7.18. The van der Waals surface area contributed by atoms with Crippen LogP contribution in [0.25, 0.3) is 0 Å². The first-order valence-electron chi connectivity index (χ1n) is 8.61. The van der Waals surface area contributed by atoms with Gasteiger partial charge in [-0.25, -0.2) is 0 Å². The average molecular weight is 292 g/mol. The van der Waals surface area contributed by atoms with E-state index in [2.05, 4.69) is 0 Å². The lowest BCUT2D eigenvalue weighted by Crippen LogP contribution is -2.44. The highest BCUT2D eigenvalue weighted by molar-refractivity contribution is 6.41. The molecule has 116 valence electrons. The van der Waals surface area contributed by atoms with Crippen LogP contribution in [0.3, 0.4) is 0 Å². The van der Waals surface area contributed by atoms with Crippen molar-refractivity contribution in [1.29, 1.82) is 0 Å². The molecule has 6 unspecified atom stereocenters. The van der Waals surface area contributed by atoms with E-state index >= 15 is 0 Å². The molecule has 0 bridgehead atoms. The van der Waals surface area contributed by atoms with E-state index in [4.69, 9.17) is 9.47 Å². The van der Waals surface area contributed by atoms with Crippen molar-refractivity contribution in [3.63, 3.8) is 0 Å². The number of Topliss-reactive ketones (excluding diaryl/α,β-unsaturated/α-hetero) is 2. The molecule has 0 aromatic carbocycles. The number of carbonyl (C=O) groups is 2. The summed E-state index contributed by atoms with van der Waals surface area (Å²) in [6.07, 6.45) is 8.12. The van der Waals surface area contributed by atoms with Crippen LogP contribution in [0.15, 0.2) is 0 Å². The summed E-state index contributed by atoms with van der Waals surface area (Å²) in [6, 6.07) is 0. The molecule has 4 heteroatoms. The Morgan fingerprint density at radius 1 is 0.905 bits per heavy atom. The Morgan fingerprint density at radius 3 is 2.62 bits per heavy atom. The van der Waals surface area contributed by atoms with Gasteiger partial charge in [-0.3, -0.25) is 9.59 Å². The monoisotopic (exact) mass is 292 g/mol. The summed E-state index contributed by atoms with van der Waals surface area (Å²) in [7, 11) is 0. The Balaban J connectivity index is 1.53. The van der Waals surface area contributed by atoms with Crippen LogP contribution in [0.1, 0.15) is 51.4 Å². The van der Waals surface area contributed by atoms with Gasteiger partial charge in [-0.1, -0.05) is 12.8 Å². The molecule has 4 nitrogen and oxygen atoms in total. The van der Waals surface area contributed by atoms with Crippen molar-refractivity contribution in [3.8, 4) is 0 Å². The van der Waals surface area contributed by atoms with Crippen LogP contribution >= 0.6 is 0 Å². The predicted molar refractivity (Wildman–Crippen MR) is 75.5 cm³/mol. The van der Waals surface area contributed by atoms with E-state index in [-0.39, 0.29) is 41.7 Å². The SMILES string of the molecule is O=C1C(=O)C2C(OC3CCCCO3)CCC3CCCC1C32. The van der Waals surface area contributed by atoms with Crippen molar-refractivity contribution in [3.05, 3.63) is 0 Å². The molecule has 1 aliphatic heterocycles. The van der Waals surface area contributed by atoms with E-state index in [0.717, 1.165) is 51.6 Å². The van der Waals surface area contributed by atoms with Gasteiger partial charge in [-0.2, -0.15) is 0 Å². The van der Waals surface area contributed by atoms with Crippen LogP contribution in [0.5, 0.6) is 0 Å². The summed E-state index contributed by atoms with van der Waals surface area (Å²) >= 11 is 0. The number of ether oxygens (including phenoxy) is 2. The molecule has 0 spiro atoms. The van der Waals surface area contributed by atoms with Gasteiger partial charge in [0.05, 0.1) is 12.0 Å². The fourth-order valence-corrected chi connectivity index (χ4v) is 5.16. The largest absolute Gasteiger partial charge is 0.353 e. The fourth-order valence-electron chi connectivity index (χ4n) is 5.16. The van der Waals surface area contributed by atoms with Gasteiger partial charge in [0, 0.05) is 12.5 Å². The first kappa shape index (κ1) is 13.9. The summed E-state index contributed by atoms with van der Waals surface area (Å²) in [5.41, 5.74) is 0. The zero-order chi connectivity index (χ0) is 14.4. The van der Waals surface area contributed by atoms with Gasteiger partial charge < -0.3 is 9.47 Å². The molecule has 1 saturated heterocycles. The van der Waals surface area contributed by atoms with Gasteiger partial charge in [0.1, 0.15) is 0 Å². The van der Waals surface area contributed by atoms with Crippen molar-refractivity contribution >= 4 is 11.6 Å². The normalized spacial score (nSPS) is 46.5. The highest BCUT2D eigenvalue weighted by Crippen LogP contribution is 2.52. The molecule has 0 aromatic rings. The van der Waals surface area contributed by atoms with Crippen molar-refractivity contribution in [1.82, 2.24) is 0 Å². The van der Waals surface area contributed by atoms with Gasteiger partial charge in [0.25, 0.3) is 0 Å². The Labute approximate surface area is 125 Å². The van der Waals surface area contributed by atoms with Crippen LogP contribution in [0.2, 0.25) is 0 Å². The predicted octanol–water partition coefficient (Wildman–Crippen LogP) is 2.49. The standard InChI is InChI=1S/C17H24O4/c18-16-11-5-3-4-10-7-8-12(15(14(10)11)17(16)19)21-13-6-1-2-9-20-13/h10-15H,1-9H2. The number of rotatable bonds is 2. The first-order valence-corrected chi connectivity index (χ1v) is 8.61. The van der Waals surface area contributed by atoms with Crippen molar-refractivity contribution in [2.45, 2.75) is 63.8 Å². The molecular weight excluding hydrogens is 268 g/mol. The highest BCUT2D eigenvalue weighted by Gasteiger charge is 2.58. The lowest BCUT2D eigenvalue weighted by Gasteiger charge is -2.43. The average Bonchev–Trinajstić information content (AvgIpc) is 2.78. The molecule has 0 amide bonds. The van der Waals surface area contributed by atoms with Crippen molar-refractivity contribution in [2.24, 2.45) is 23.7 Å². The second-order valence-electron chi connectivity index (χ2n) is 7.18. The van der Waals surface area contributed by atoms with E-state index in [0.29, 0.717) is 5.92 Å². The molecule has 3 aliphatic carbocycles. The topological polar surface area (TPSA) is 52.6 Å². The molecule has 0 aromatic heterocycles. The third-order valence-corrected chi connectivity index (χ3v) is 6.08. The second kappa shape index (κ2) is 5.47. The molecule has 21 heavy (non-hydrogen) atoms. The molecule has 1 heterocycles. The minimum Gasteiger partial charge on any atom is -0.353 e. The zero-order valence-electron chi connectivity index (χ0n) is 12.5. The number of hydrogen-bond acceptors (Lipinski definition) is 4. The van der Waals surface area contributed by atoms with Crippen LogP contribution in [0.4, 0.5) is 0 Å². The summed E-state index contributed by atoms with van der Waals surface area (Å²) < 4.78 is 11.8. The number of hydrogen-bond donors (Lipinski definition) is 0. The Kier molecular flexibility index (Phi) is 3.62. The van der Waals surface area contributed by atoms with Crippen molar-refractivity contribution in [2.75, 3.05) is 6.61 Å². The van der Waals surface area contributed by atoms with Crippen LogP contribution in [-0.4, -0.2) is 30.6 Å². The van der Waals surface area contributed by atoms with Crippen LogP contribution in [0, 0.1) is 23.7 Å². The fraction of sp³-hybridized carbons (Fsp3) is 0.882. The Morgan fingerprint density at radius 2 is 1.81 bits per heavy atom. The molecule has 4 rings (SSSR count). The smallest absolute Gasteiger partial charge is 0.204 e. The van der Waals surface area contributed by atoms with Gasteiger partial charge in [-0.15, -0.1) is 0 Å². The molecule has 0 radical (unpaired) electrons. The molecule has 6 atom stereocenters. The van der Waals surface area contributed by atoms with E-state index in [1.54, 1.807) is 0 Å². The number of ketones is 2. The third kappa shape index (κ3) is 2.27. The van der Waals surface area contributed by atoms with Crippen molar-refractivity contribution < 1.29 is 19.1 Å². The summed E-state index contributed by atoms with van der Waals surface area (Å²) in [5, 5.41) is 0. The van der Waals surface area contributed by atoms with Gasteiger partial charge in [0.2, 0.25) is 11.6 Å². The van der Waals surface area contributed by atoms with E-state index < -0.39 is 0 Å². The van der Waals surface area contributed by atoms with Gasteiger partial charge in [0.15, 0.2) is 6.29 Å². The maximum Gasteiger partial charge on any atom is 0.204 e. The minimum atomic E-state index is -0.174. The Bertz CT molecular complexity index is 440. The summed E-state index contributed by atoms with van der Waals surface area (Å²) in [4.78, 5) is 24.7. The van der Waals surface area contributed by atoms with Gasteiger partial charge in [-0.05, 0) is 50.4 Å². The molecular formula is C17H24O4. The minimum absolute atomic E-state index is 0.0000702. The third-order valence-electron chi connectivity index (χ3n) is 6.08. The summed E-state index contributed by atoms with van der Waals surface area (Å²) in [6.45, 7) is 0.754. The Hall–Kier alpha value is -0.740. The van der Waals surface area contributed by atoms with E-state index in [1.807, 2.05) is 0 Å². The van der Waals surface area contributed by atoms with E-state index in [9.17, 15) is 9.59 Å². The molecule has 3 saturated carbocycles.